The Hall–Kier alpha value is -2.32. The third-order valence-corrected chi connectivity index (χ3v) is 5.70. The van der Waals surface area contributed by atoms with Gasteiger partial charge < -0.3 is 15.5 Å². The van der Waals surface area contributed by atoms with E-state index in [0.717, 1.165) is 16.3 Å². The number of benzene rings is 1. The van der Waals surface area contributed by atoms with Crippen molar-refractivity contribution < 1.29 is 14.0 Å². The number of hydrogen-bond donors (Lipinski definition) is 2. The third-order valence-electron chi connectivity index (χ3n) is 4.85. The maximum Gasteiger partial charge on any atom is 0.245 e. The number of amides is 2. The number of fused-ring (bicyclic) bond motifs is 1. The molecule has 3 heterocycles. The SMILES string of the molecule is C[C@H]1NC(=O)[C@@H]2C[C@H](NCc3nc(-c4ccc(F)cc4)cs3)CN2C1=O. The molecular formula is C18H19FN4O2S. The van der Waals surface area contributed by atoms with Crippen molar-refractivity contribution in [1.82, 2.24) is 20.5 Å². The lowest BCUT2D eigenvalue weighted by atomic mass is 10.1. The van der Waals surface area contributed by atoms with E-state index in [1.807, 2.05) is 5.38 Å². The van der Waals surface area contributed by atoms with Crippen LogP contribution in [0.2, 0.25) is 0 Å². The summed E-state index contributed by atoms with van der Waals surface area (Å²) in [5, 5.41) is 8.98. The molecular weight excluding hydrogens is 355 g/mol. The van der Waals surface area contributed by atoms with E-state index in [2.05, 4.69) is 15.6 Å². The molecule has 0 unspecified atom stereocenters. The summed E-state index contributed by atoms with van der Waals surface area (Å²) < 4.78 is 13.0. The second-order valence-electron chi connectivity index (χ2n) is 6.68. The van der Waals surface area contributed by atoms with Crippen molar-refractivity contribution in [1.29, 1.82) is 0 Å². The second kappa shape index (κ2) is 6.77. The van der Waals surface area contributed by atoms with E-state index in [9.17, 15) is 14.0 Å². The summed E-state index contributed by atoms with van der Waals surface area (Å²) in [5.74, 6) is -0.363. The number of rotatable bonds is 4. The minimum Gasteiger partial charge on any atom is -0.343 e. The van der Waals surface area contributed by atoms with Gasteiger partial charge in [0.2, 0.25) is 11.8 Å². The highest BCUT2D eigenvalue weighted by Crippen LogP contribution is 2.25. The molecule has 0 aliphatic carbocycles. The van der Waals surface area contributed by atoms with Gasteiger partial charge in [-0.25, -0.2) is 9.37 Å². The molecule has 0 radical (unpaired) electrons. The van der Waals surface area contributed by atoms with E-state index in [4.69, 9.17) is 0 Å². The van der Waals surface area contributed by atoms with E-state index < -0.39 is 6.04 Å². The van der Waals surface area contributed by atoms with Crippen LogP contribution < -0.4 is 10.6 Å². The molecule has 0 bridgehead atoms. The summed E-state index contributed by atoms with van der Waals surface area (Å²) >= 11 is 1.53. The van der Waals surface area contributed by atoms with Crippen LogP contribution in [-0.4, -0.2) is 46.4 Å². The minimum atomic E-state index is -0.449. The van der Waals surface area contributed by atoms with Crippen LogP contribution in [0, 0.1) is 5.82 Å². The fourth-order valence-electron chi connectivity index (χ4n) is 3.47. The zero-order chi connectivity index (χ0) is 18.3. The molecule has 2 saturated heterocycles. The van der Waals surface area contributed by atoms with Crippen molar-refractivity contribution >= 4 is 23.2 Å². The molecule has 2 fully saturated rings. The highest BCUT2D eigenvalue weighted by molar-refractivity contribution is 7.09. The van der Waals surface area contributed by atoms with Gasteiger partial charge in [-0.15, -0.1) is 11.3 Å². The van der Waals surface area contributed by atoms with Crippen LogP contribution in [0.3, 0.4) is 0 Å². The zero-order valence-electron chi connectivity index (χ0n) is 14.2. The van der Waals surface area contributed by atoms with Crippen molar-refractivity contribution in [2.75, 3.05) is 6.54 Å². The number of aromatic nitrogens is 1. The molecule has 0 saturated carbocycles. The first-order valence-electron chi connectivity index (χ1n) is 8.56. The van der Waals surface area contributed by atoms with Gasteiger partial charge >= 0.3 is 0 Å². The van der Waals surface area contributed by atoms with Crippen LogP contribution in [0.15, 0.2) is 29.6 Å². The van der Waals surface area contributed by atoms with Gasteiger partial charge in [-0.2, -0.15) is 0 Å². The average molecular weight is 374 g/mol. The molecule has 0 spiro atoms. The Morgan fingerprint density at radius 2 is 2.12 bits per heavy atom. The predicted octanol–water partition coefficient (Wildman–Crippen LogP) is 1.53. The molecule has 2 aromatic rings. The van der Waals surface area contributed by atoms with Gasteiger partial charge in [0.05, 0.1) is 5.69 Å². The Bertz CT molecular complexity index is 838. The number of thiazole rings is 1. The van der Waals surface area contributed by atoms with Gasteiger partial charge in [0.25, 0.3) is 0 Å². The Labute approximate surface area is 154 Å². The number of piperazine rings is 1. The summed E-state index contributed by atoms with van der Waals surface area (Å²) in [6.07, 6.45) is 0.612. The average Bonchev–Trinajstić information content (AvgIpc) is 3.26. The number of nitrogens with zero attached hydrogens (tertiary/aromatic N) is 2. The smallest absolute Gasteiger partial charge is 0.245 e. The molecule has 8 heteroatoms. The fourth-order valence-corrected chi connectivity index (χ4v) is 4.23. The van der Waals surface area contributed by atoms with Gasteiger partial charge in [0, 0.05) is 30.1 Å². The van der Waals surface area contributed by atoms with Gasteiger partial charge in [0.1, 0.15) is 22.9 Å². The summed E-state index contributed by atoms with van der Waals surface area (Å²) in [5.41, 5.74) is 1.70. The van der Waals surface area contributed by atoms with E-state index in [-0.39, 0.29) is 29.7 Å². The molecule has 2 aliphatic rings. The van der Waals surface area contributed by atoms with Gasteiger partial charge in [-0.1, -0.05) is 0 Å². The summed E-state index contributed by atoms with van der Waals surface area (Å²) in [6.45, 7) is 2.82. The standard InChI is InChI=1S/C18H19FN4O2S/c1-10-18(25)23-8-13(6-15(23)17(24)21-10)20-7-16-22-14(9-26-16)11-2-4-12(19)5-3-11/h2-5,9-10,13,15,20H,6-8H2,1H3,(H,21,24)/t10-,13+,15+/m1/s1. The molecule has 4 rings (SSSR count). The van der Waals surface area contributed by atoms with E-state index in [0.29, 0.717) is 19.5 Å². The van der Waals surface area contributed by atoms with Gasteiger partial charge in [0.15, 0.2) is 0 Å². The normalized spacial score (nSPS) is 25.3. The molecule has 26 heavy (non-hydrogen) atoms. The maximum atomic E-state index is 13.0. The Balaban J connectivity index is 1.37. The van der Waals surface area contributed by atoms with Crippen LogP contribution in [0.5, 0.6) is 0 Å². The first-order chi connectivity index (χ1) is 12.5. The third kappa shape index (κ3) is 3.22. The van der Waals surface area contributed by atoms with Crippen molar-refractivity contribution in [3.8, 4) is 11.3 Å². The Kier molecular flexibility index (Phi) is 4.46. The summed E-state index contributed by atoms with van der Waals surface area (Å²) in [7, 11) is 0. The molecule has 136 valence electrons. The van der Waals surface area contributed by atoms with E-state index >= 15 is 0 Å². The molecule has 1 aromatic carbocycles. The molecule has 2 N–H and O–H groups in total. The first-order valence-corrected chi connectivity index (χ1v) is 9.44. The van der Waals surface area contributed by atoms with Crippen LogP contribution >= 0.6 is 11.3 Å². The van der Waals surface area contributed by atoms with Crippen molar-refractivity contribution in [3.63, 3.8) is 0 Å². The van der Waals surface area contributed by atoms with Crippen LogP contribution in [0.25, 0.3) is 11.3 Å². The Morgan fingerprint density at radius 1 is 1.35 bits per heavy atom. The first kappa shape index (κ1) is 17.1. The van der Waals surface area contributed by atoms with Crippen molar-refractivity contribution in [2.45, 2.75) is 38.0 Å². The Morgan fingerprint density at radius 3 is 2.88 bits per heavy atom. The largest absolute Gasteiger partial charge is 0.343 e. The van der Waals surface area contributed by atoms with E-state index in [1.165, 1.54) is 23.5 Å². The van der Waals surface area contributed by atoms with Crippen LogP contribution in [-0.2, 0) is 16.1 Å². The molecule has 6 nitrogen and oxygen atoms in total. The lowest BCUT2D eigenvalue weighted by Crippen LogP contribution is -2.60. The van der Waals surface area contributed by atoms with Crippen molar-refractivity contribution in [3.05, 3.63) is 40.5 Å². The maximum absolute atomic E-state index is 13.0. The molecule has 1 aromatic heterocycles. The highest BCUT2D eigenvalue weighted by Gasteiger charge is 2.44. The lowest BCUT2D eigenvalue weighted by Gasteiger charge is -2.32. The molecule has 2 aliphatic heterocycles. The van der Waals surface area contributed by atoms with Crippen LogP contribution in [0.4, 0.5) is 4.39 Å². The van der Waals surface area contributed by atoms with Gasteiger partial charge in [-0.05, 0) is 37.6 Å². The molecule has 3 atom stereocenters. The monoisotopic (exact) mass is 374 g/mol. The number of halogens is 1. The number of nitrogens with one attached hydrogen (secondary N) is 2. The molecule has 2 amide bonds. The number of hydrogen-bond acceptors (Lipinski definition) is 5. The highest BCUT2D eigenvalue weighted by atomic mass is 32.1. The number of carbonyl (C=O) groups is 2. The minimum absolute atomic E-state index is 0.0215. The summed E-state index contributed by atoms with van der Waals surface area (Å²) in [4.78, 5) is 30.5. The van der Waals surface area contributed by atoms with Crippen molar-refractivity contribution in [2.24, 2.45) is 0 Å². The summed E-state index contributed by atoms with van der Waals surface area (Å²) in [6, 6.07) is 5.51. The second-order valence-corrected chi connectivity index (χ2v) is 7.63. The lowest BCUT2D eigenvalue weighted by molar-refractivity contribution is -0.146. The predicted molar refractivity (Wildman–Crippen MR) is 95.9 cm³/mol. The topological polar surface area (TPSA) is 74.3 Å². The number of carbonyl (C=O) groups excluding carboxylic acids is 2. The van der Waals surface area contributed by atoms with Gasteiger partial charge in [-0.3, -0.25) is 9.59 Å². The van der Waals surface area contributed by atoms with E-state index in [1.54, 1.807) is 24.0 Å². The van der Waals surface area contributed by atoms with Crippen LogP contribution in [0.1, 0.15) is 18.4 Å². The zero-order valence-corrected chi connectivity index (χ0v) is 15.1. The quantitative estimate of drug-likeness (QED) is 0.851. The fraction of sp³-hybridized carbons (Fsp3) is 0.389.